The fourth-order valence-electron chi connectivity index (χ4n) is 2.84. The Bertz CT molecular complexity index is 391. The second-order valence-corrected chi connectivity index (χ2v) is 6.33. The summed E-state index contributed by atoms with van der Waals surface area (Å²) in [5.41, 5.74) is 1.50. The summed E-state index contributed by atoms with van der Waals surface area (Å²) in [4.78, 5) is 0. The van der Waals surface area contributed by atoms with E-state index in [-0.39, 0.29) is 5.41 Å². The summed E-state index contributed by atoms with van der Waals surface area (Å²) < 4.78 is 12.3. The zero-order valence-electron chi connectivity index (χ0n) is 13.2. The molecule has 0 unspecified atom stereocenters. The fraction of sp³-hybridized carbons (Fsp3) is 0.667. The van der Waals surface area contributed by atoms with E-state index in [1.165, 1.54) is 24.8 Å². The lowest BCUT2D eigenvalue weighted by Crippen LogP contribution is -2.49. The van der Waals surface area contributed by atoms with Crippen molar-refractivity contribution in [1.29, 1.82) is 0 Å². The molecule has 1 saturated heterocycles. The van der Waals surface area contributed by atoms with Gasteiger partial charge < -0.3 is 9.47 Å². The van der Waals surface area contributed by atoms with Gasteiger partial charge in [0.1, 0.15) is 0 Å². The molecule has 0 N–H and O–H groups in total. The average Bonchev–Trinajstić information content (AvgIpc) is 2.48. The summed E-state index contributed by atoms with van der Waals surface area (Å²) in [6, 6.07) is 10.5. The molecule has 0 radical (unpaired) electrons. The van der Waals surface area contributed by atoms with Crippen LogP contribution in [0.4, 0.5) is 0 Å². The monoisotopic (exact) mass is 276 g/mol. The van der Waals surface area contributed by atoms with E-state index in [1.807, 2.05) is 6.07 Å². The van der Waals surface area contributed by atoms with Crippen LogP contribution in [-0.2, 0) is 15.9 Å². The Labute approximate surface area is 123 Å². The molecule has 2 heteroatoms. The standard InChI is InChI=1S/C18H28O2/c1-4-6-12-18(5-2)14-19-17(3,20-15-18)13-16-10-8-7-9-11-16/h7-11H,4-6,12-15H2,1-3H3. The number of ether oxygens (including phenoxy) is 2. The van der Waals surface area contributed by atoms with Gasteiger partial charge in [0.05, 0.1) is 13.2 Å². The lowest BCUT2D eigenvalue weighted by atomic mass is 9.81. The molecule has 0 spiro atoms. The van der Waals surface area contributed by atoms with Crippen molar-refractivity contribution in [3.05, 3.63) is 35.9 Å². The van der Waals surface area contributed by atoms with E-state index in [0.717, 1.165) is 26.1 Å². The average molecular weight is 276 g/mol. The first-order chi connectivity index (χ1) is 9.61. The highest BCUT2D eigenvalue weighted by molar-refractivity contribution is 5.16. The van der Waals surface area contributed by atoms with Gasteiger partial charge in [0.15, 0.2) is 5.79 Å². The van der Waals surface area contributed by atoms with Gasteiger partial charge in [0.2, 0.25) is 0 Å². The number of benzene rings is 1. The number of rotatable bonds is 6. The lowest BCUT2D eigenvalue weighted by molar-refractivity contribution is -0.295. The van der Waals surface area contributed by atoms with Gasteiger partial charge in [-0.3, -0.25) is 0 Å². The van der Waals surface area contributed by atoms with Gasteiger partial charge in [-0.15, -0.1) is 0 Å². The molecular weight excluding hydrogens is 248 g/mol. The van der Waals surface area contributed by atoms with Crippen LogP contribution in [-0.4, -0.2) is 19.0 Å². The van der Waals surface area contributed by atoms with Crippen molar-refractivity contribution in [2.45, 2.75) is 58.7 Å². The minimum Gasteiger partial charge on any atom is -0.349 e. The zero-order valence-corrected chi connectivity index (χ0v) is 13.2. The van der Waals surface area contributed by atoms with Crippen molar-refractivity contribution < 1.29 is 9.47 Å². The normalized spacial score (nSPS) is 30.4. The number of hydrogen-bond donors (Lipinski definition) is 0. The second kappa shape index (κ2) is 6.73. The first kappa shape index (κ1) is 15.5. The van der Waals surface area contributed by atoms with Crippen molar-refractivity contribution in [1.82, 2.24) is 0 Å². The zero-order chi connectivity index (χ0) is 14.5. The van der Waals surface area contributed by atoms with Crippen molar-refractivity contribution in [2.75, 3.05) is 13.2 Å². The highest BCUT2D eigenvalue weighted by Crippen LogP contribution is 2.38. The maximum absolute atomic E-state index is 6.15. The third-order valence-electron chi connectivity index (χ3n) is 4.55. The Balaban J connectivity index is 1.95. The first-order valence-electron chi connectivity index (χ1n) is 7.93. The molecular formula is C18H28O2. The van der Waals surface area contributed by atoms with Crippen molar-refractivity contribution in [2.24, 2.45) is 5.41 Å². The van der Waals surface area contributed by atoms with Gasteiger partial charge in [-0.05, 0) is 25.3 Å². The van der Waals surface area contributed by atoms with Crippen LogP contribution >= 0.6 is 0 Å². The minimum absolute atomic E-state index is 0.228. The van der Waals surface area contributed by atoms with E-state index >= 15 is 0 Å². The molecule has 2 rings (SSSR count). The summed E-state index contributed by atoms with van der Waals surface area (Å²) >= 11 is 0. The maximum atomic E-state index is 6.15. The van der Waals surface area contributed by atoms with Gasteiger partial charge in [-0.1, -0.05) is 57.0 Å². The van der Waals surface area contributed by atoms with Gasteiger partial charge in [0.25, 0.3) is 0 Å². The van der Waals surface area contributed by atoms with E-state index in [0.29, 0.717) is 0 Å². The molecule has 0 aromatic heterocycles. The Morgan fingerprint density at radius 1 is 1.05 bits per heavy atom. The molecule has 0 saturated carbocycles. The van der Waals surface area contributed by atoms with Crippen LogP contribution in [0.25, 0.3) is 0 Å². The fourth-order valence-corrected chi connectivity index (χ4v) is 2.84. The van der Waals surface area contributed by atoms with E-state index in [2.05, 4.69) is 45.0 Å². The van der Waals surface area contributed by atoms with Crippen LogP contribution in [0.15, 0.2) is 30.3 Å². The van der Waals surface area contributed by atoms with Crippen molar-refractivity contribution in [3.8, 4) is 0 Å². The Kier molecular flexibility index (Phi) is 5.22. The summed E-state index contributed by atoms with van der Waals surface area (Å²) in [6.45, 7) is 8.22. The lowest BCUT2D eigenvalue weighted by Gasteiger charge is -2.45. The maximum Gasteiger partial charge on any atom is 0.169 e. The molecule has 0 aliphatic carbocycles. The summed E-state index contributed by atoms with van der Waals surface area (Å²) in [5.74, 6) is -0.466. The Morgan fingerprint density at radius 3 is 2.25 bits per heavy atom. The molecule has 1 aliphatic heterocycles. The van der Waals surface area contributed by atoms with E-state index in [1.54, 1.807) is 0 Å². The van der Waals surface area contributed by atoms with Crippen LogP contribution in [0, 0.1) is 5.41 Å². The Morgan fingerprint density at radius 2 is 1.70 bits per heavy atom. The second-order valence-electron chi connectivity index (χ2n) is 6.33. The number of hydrogen-bond acceptors (Lipinski definition) is 2. The molecule has 1 aromatic rings. The SMILES string of the molecule is CCCCC1(CC)COC(C)(Cc2ccccc2)OC1. The van der Waals surface area contributed by atoms with Crippen LogP contribution in [0.2, 0.25) is 0 Å². The molecule has 0 amide bonds. The molecule has 1 fully saturated rings. The van der Waals surface area contributed by atoms with Gasteiger partial charge in [0, 0.05) is 11.8 Å². The molecule has 0 atom stereocenters. The van der Waals surface area contributed by atoms with E-state index in [9.17, 15) is 0 Å². The third-order valence-corrected chi connectivity index (χ3v) is 4.55. The van der Waals surface area contributed by atoms with Crippen LogP contribution in [0.3, 0.4) is 0 Å². The quantitative estimate of drug-likeness (QED) is 0.757. The van der Waals surface area contributed by atoms with Gasteiger partial charge in [-0.25, -0.2) is 0 Å². The largest absolute Gasteiger partial charge is 0.349 e. The highest BCUT2D eigenvalue weighted by atomic mass is 16.7. The number of unbranched alkanes of at least 4 members (excludes halogenated alkanes) is 1. The molecule has 1 aliphatic rings. The molecule has 1 heterocycles. The molecule has 20 heavy (non-hydrogen) atoms. The summed E-state index contributed by atoms with van der Waals surface area (Å²) in [7, 11) is 0. The van der Waals surface area contributed by atoms with Crippen molar-refractivity contribution in [3.63, 3.8) is 0 Å². The van der Waals surface area contributed by atoms with Crippen molar-refractivity contribution >= 4 is 0 Å². The molecule has 0 bridgehead atoms. The van der Waals surface area contributed by atoms with E-state index < -0.39 is 5.79 Å². The predicted octanol–water partition coefficient (Wildman–Crippen LogP) is 4.58. The minimum atomic E-state index is -0.466. The van der Waals surface area contributed by atoms with Crippen LogP contribution in [0.1, 0.15) is 52.0 Å². The molecule has 2 nitrogen and oxygen atoms in total. The van der Waals surface area contributed by atoms with Gasteiger partial charge >= 0.3 is 0 Å². The van der Waals surface area contributed by atoms with Gasteiger partial charge in [-0.2, -0.15) is 0 Å². The highest BCUT2D eigenvalue weighted by Gasteiger charge is 2.40. The smallest absolute Gasteiger partial charge is 0.169 e. The molecule has 1 aromatic carbocycles. The van der Waals surface area contributed by atoms with E-state index in [4.69, 9.17) is 9.47 Å². The van der Waals surface area contributed by atoms with Crippen LogP contribution in [0.5, 0.6) is 0 Å². The first-order valence-corrected chi connectivity index (χ1v) is 7.93. The predicted molar refractivity (Wildman–Crippen MR) is 82.7 cm³/mol. The third kappa shape index (κ3) is 3.83. The summed E-state index contributed by atoms with van der Waals surface area (Å²) in [6.07, 6.45) is 5.66. The Hall–Kier alpha value is -0.860. The molecule has 112 valence electrons. The van der Waals surface area contributed by atoms with Crippen LogP contribution < -0.4 is 0 Å². The summed E-state index contributed by atoms with van der Waals surface area (Å²) in [5, 5.41) is 0. The topological polar surface area (TPSA) is 18.5 Å².